The van der Waals surface area contributed by atoms with E-state index in [2.05, 4.69) is 49.0 Å². The number of thioether (sulfide) groups is 1. The Morgan fingerprint density at radius 2 is 1.76 bits per heavy atom. The fraction of sp³-hybridized carbons (Fsp3) is 0.667. The number of anilines is 1. The maximum atomic E-state index is 13.1. The molecule has 2 unspecified atom stereocenters. The first kappa shape index (κ1) is 37.8. The first-order chi connectivity index (χ1) is 17.8. The number of fused-ring (bicyclic) bond motifs is 1. The summed E-state index contributed by atoms with van der Waals surface area (Å²) >= 11 is 1.89. The molecule has 0 aliphatic carbocycles. The van der Waals surface area contributed by atoms with Crippen LogP contribution in [0.3, 0.4) is 0 Å². The van der Waals surface area contributed by atoms with Crippen molar-refractivity contribution in [1.29, 1.82) is 0 Å². The van der Waals surface area contributed by atoms with Crippen LogP contribution in [0, 0.1) is 11.7 Å². The molecule has 0 aromatic heterocycles. The monoisotopic (exact) mass is 559 g/mol. The van der Waals surface area contributed by atoms with Gasteiger partial charge in [0.25, 0.3) is 5.91 Å². The predicted octanol–water partition coefficient (Wildman–Crippen LogP) is 3.57. The van der Waals surface area contributed by atoms with Crippen LogP contribution in [-0.2, 0) is 4.79 Å². The van der Waals surface area contributed by atoms with Crippen LogP contribution in [0.5, 0.6) is 0 Å². The molecule has 0 spiro atoms. The van der Waals surface area contributed by atoms with Gasteiger partial charge < -0.3 is 36.9 Å². The number of halogens is 1. The molecule has 0 saturated carbocycles. The van der Waals surface area contributed by atoms with E-state index in [9.17, 15) is 14.0 Å². The van der Waals surface area contributed by atoms with Gasteiger partial charge in [-0.3, -0.25) is 4.79 Å². The van der Waals surface area contributed by atoms with Crippen molar-refractivity contribution in [2.45, 2.75) is 78.9 Å². The Morgan fingerprint density at radius 3 is 2.13 bits per heavy atom. The molecule has 1 aromatic rings. The average molecular weight is 560 g/mol. The lowest BCUT2D eigenvalue weighted by molar-refractivity contribution is -0.106. The molecule has 38 heavy (non-hydrogen) atoms. The number of carbonyl (C=O) groups excluding carboxylic acids is 3. The topological polar surface area (TPSA) is 146 Å². The number of hydrogen-bond donors (Lipinski definition) is 6. The molecule has 7 N–H and O–H groups in total. The van der Waals surface area contributed by atoms with Crippen LogP contribution in [0.2, 0.25) is 0 Å². The Hall–Kier alpha value is -2.37. The number of aliphatic hydroxyl groups excluding tert-OH is 1. The van der Waals surface area contributed by atoms with Gasteiger partial charge in [-0.25, -0.2) is 9.18 Å². The molecule has 2 atom stereocenters. The number of aliphatic hydroxyl groups is 1. The van der Waals surface area contributed by atoms with E-state index in [4.69, 9.17) is 15.6 Å². The number of nitrogen functional groups attached to an aromatic ring is 1. The molecule has 2 aliphatic rings. The quantitative estimate of drug-likeness (QED) is 0.178. The molecule has 3 amide bonds. The first-order valence-electron chi connectivity index (χ1n) is 13.0. The summed E-state index contributed by atoms with van der Waals surface area (Å²) in [6, 6.07) is 4.64. The third-order valence-electron chi connectivity index (χ3n) is 4.80. The van der Waals surface area contributed by atoms with Crippen molar-refractivity contribution < 1.29 is 23.9 Å². The molecule has 9 nitrogen and oxygen atoms in total. The summed E-state index contributed by atoms with van der Waals surface area (Å²) < 4.78 is 13.1. The van der Waals surface area contributed by atoms with E-state index in [1.165, 1.54) is 31.9 Å². The van der Waals surface area contributed by atoms with Crippen LogP contribution in [-0.4, -0.2) is 72.7 Å². The van der Waals surface area contributed by atoms with Crippen molar-refractivity contribution in [3.63, 3.8) is 0 Å². The summed E-state index contributed by atoms with van der Waals surface area (Å²) in [4.78, 5) is 31.1. The van der Waals surface area contributed by atoms with Crippen molar-refractivity contribution in [2.24, 2.45) is 5.92 Å². The lowest BCUT2D eigenvalue weighted by Crippen LogP contribution is -2.46. The van der Waals surface area contributed by atoms with Crippen molar-refractivity contribution >= 4 is 35.7 Å². The van der Waals surface area contributed by atoms with Gasteiger partial charge in [-0.15, -0.1) is 0 Å². The zero-order valence-corrected chi connectivity index (χ0v) is 25.1. The SMILES string of the molecule is CC(C)(CO)NC(=O)c1ccc(N)c(F)c1.CC=O.CCC.CNCCC(C)C.O=C1NC2CSCC2N1. The summed E-state index contributed by atoms with van der Waals surface area (Å²) in [5.41, 5.74) is 4.73. The van der Waals surface area contributed by atoms with Crippen LogP contribution in [0.4, 0.5) is 14.9 Å². The maximum Gasteiger partial charge on any atom is 0.315 e. The van der Waals surface area contributed by atoms with E-state index in [-0.39, 0.29) is 23.9 Å². The minimum absolute atomic E-state index is 0.00188. The number of aldehydes is 1. The third kappa shape index (κ3) is 18.0. The van der Waals surface area contributed by atoms with E-state index >= 15 is 0 Å². The van der Waals surface area contributed by atoms with Gasteiger partial charge in [0.05, 0.1) is 29.9 Å². The molecular weight excluding hydrogens is 509 g/mol. The van der Waals surface area contributed by atoms with Crippen LogP contribution >= 0.6 is 11.8 Å². The maximum absolute atomic E-state index is 13.1. The Kier molecular flexibility index (Phi) is 21.4. The second-order valence-electron chi connectivity index (χ2n) is 9.83. The summed E-state index contributed by atoms with van der Waals surface area (Å²) in [6.07, 6.45) is 3.29. The Morgan fingerprint density at radius 1 is 1.26 bits per heavy atom. The van der Waals surface area contributed by atoms with Gasteiger partial charge in [-0.2, -0.15) is 11.8 Å². The molecule has 2 heterocycles. The molecule has 2 saturated heterocycles. The first-order valence-corrected chi connectivity index (χ1v) is 14.1. The van der Waals surface area contributed by atoms with Crippen molar-refractivity contribution in [2.75, 3.05) is 37.4 Å². The molecule has 0 radical (unpaired) electrons. The molecule has 2 fully saturated rings. The minimum atomic E-state index is -0.741. The number of hydrogen-bond acceptors (Lipinski definition) is 7. The molecule has 1 aromatic carbocycles. The smallest absolute Gasteiger partial charge is 0.315 e. The normalized spacial score (nSPS) is 16.9. The van der Waals surface area contributed by atoms with Gasteiger partial charge in [0.15, 0.2) is 0 Å². The van der Waals surface area contributed by atoms with Gasteiger partial charge >= 0.3 is 6.03 Å². The second kappa shape index (κ2) is 21.6. The van der Waals surface area contributed by atoms with E-state index in [1.807, 2.05) is 18.8 Å². The Labute approximate surface area is 232 Å². The van der Waals surface area contributed by atoms with Gasteiger partial charge in [-0.05, 0) is 64.9 Å². The highest BCUT2D eigenvalue weighted by Gasteiger charge is 2.35. The highest BCUT2D eigenvalue weighted by molar-refractivity contribution is 7.99. The highest BCUT2D eigenvalue weighted by Crippen LogP contribution is 2.20. The number of nitrogens with two attached hydrogens (primary N) is 1. The van der Waals surface area contributed by atoms with Crippen LogP contribution in [0.25, 0.3) is 0 Å². The fourth-order valence-corrected chi connectivity index (χ4v) is 4.01. The molecule has 0 bridgehead atoms. The molecule has 3 rings (SSSR count). The summed E-state index contributed by atoms with van der Waals surface area (Å²) in [7, 11) is 1.99. The number of amides is 3. The van der Waals surface area contributed by atoms with Gasteiger partial charge in [0.1, 0.15) is 12.1 Å². The van der Waals surface area contributed by atoms with Crippen molar-refractivity contribution in [3.8, 4) is 0 Å². The number of rotatable bonds is 6. The standard InChI is InChI=1S/C11H15FN2O2.C6H15N.C5H8N2OS.C3H8.C2H4O/c1-11(2,6-15)14-10(16)7-3-4-9(13)8(12)5-7;1-6(2)4-5-7-3;8-5-6-3-1-9-2-4(3)7-5;1-3-2;1-2-3/h3-5,15H,6,13H2,1-2H3,(H,14,16);6-7H,4-5H2,1-3H3;3-4H,1-2H2,(H2,6,7,8);3H2,1-2H3;2H,1H3. The predicted molar refractivity (Wildman–Crippen MR) is 157 cm³/mol. The average Bonchev–Trinajstić information content (AvgIpc) is 3.42. The third-order valence-corrected chi connectivity index (χ3v) is 5.98. The number of nitrogens with one attached hydrogen (secondary N) is 4. The lowest BCUT2D eigenvalue weighted by Gasteiger charge is -2.23. The summed E-state index contributed by atoms with van der Waals surface area (Å²) in [5, 5.41) is 20.3. The minimum Gasteiger partial charge on any atom is -0.396 e. The van der Waals surface area contributed by atoms with E-state index < -0.39 is 17.3 Å². The number of urea groups is 1. The summed E-state index contributed by atoms with van der Waals surface area (Å²) in [6.45, 7) is 14.4. The summed E-state index contributed by atoms with van der Waals surface area (Å²) in [5.74, 6) is 1.91. The highest BCUT2D eigenvalue weighted by atomic mass is 32.2. The van der Waals surface area contributed by atoms with Crippen molar-refractivity contribution in [3.05, 3.63) is 29.6 Å². The zero-order valence-electron chi connectivity index (χ0n) is 24.3. The molecule has 11 heteroatoms. The van der Waals surface area contributed by atoms with Gasteiger partial charge in [0.2, 0.25) is 0 Å². The largest absolute Gasteiger partial charge is 0.396 e. The van der Waals surface area contributed by atoms with Crippen molar-refractivity contribution in [1.82, 2.24) is 21.3 Å². The number of benzene rings is 1. The lowest BCUT2D eigenvalue weighted by atomic mass is 10.1. The van der Waals surface area contributed by atoms with Crippen LogP contribution in [0.15, 0.2) is 18.2 Å². The molecular formula is C27H50FN5O4S. The second-order valence-corrected chi connectivity index (χ2v) is 10.9. The Bertz CT molecular complexity index is 798. The number of carbonyl (C=O) groups is 3. The molecule has 2 aliphatic heterocycles. The van der Waals surface area contributed by atoms with Gasteiger partial charge in [-0.1, -0.05) is 34.1 Å². The van der Waals surface area contributed by atoms with E-state index in [0.717, 1.165) is 36.3 Å². The fourth-order valence-electron chi connectivity index (χ4n) is 2.74. The molecule has 220 valence electrons. The van der Waals surface area contributed by atoms with Crippen LogP contribution < -0.4 is 27.0 Å². The van der Waals surface area contributed by atoms with E-state index in [1.54, 1.807) is 13.8 Å². The zero-order chi connectivity index (χ0) is 29.7. The Balaban J connectivity index is 0. The van der Waals surface area contributed by atoms with E-state index in [0.29, 0.717) is 12.1 Å². The van der Waals surface area contributed by atoms with Crippen LogP contribution in [0.1, 0.15) is 71.7 Å². The van der Waals surface area contributed by atoms with Gasteiger partial charge in [0, 0.05) is 17.1 Å².